The van der Waals surface area contributed by atoms with E-state index in [2.05, 4.69) is 5.32 Å². The lowest BCUT2D eigenvalue weighted by Gasteiger charge is -2.49. The number of ketones is 2. The molecule has 0 spiro atoms. The fraction of sp³-hybridized carbons (Fsp3) is 0.517. The molecular weight excluding hydrogens is 532 g/mol. The normalized spacial score (nSPS) is 28.4. The molecule has 1 saturated carbocycles. The summed E-state index contributed by atoms with van der Waals surface area (Å²) < 4.78 is 0. The Bertz CT molecular complexity index is 1390. The Hall–Kier alpha value is -3.58. The van der Waals surface area contributed by atoms with Crippen LogP contribution in [0.4, 0.5) is 5.69 Å². The average Bonchev–Trinajstić information content (AvgIpc) is 3.36. The number of aryl methyl sites for hydroxylation is 1. The number of Topliss-reactive ketones (excluding diaryl/α,β-unsaturated/α-hetero) is 2. The van der Waals surface area contributed by atoms with Crippen LogP contribution in [0.25, 0.3) is 5.76 Å². The van der Waals surface area contributed by atoms with Crippen LogP contribution in [0, 0.1) is 11.8 Å². The number of likely N-dealkylation sites (tertiary alicyclic amines) is 1. The van der Waals surface area contributed by atoms with Crippen LogP contribution >= 0.6 is 0 Å². The zero-order chi connectivity index (χ0) is 29.8. The van der Waals surface area contributed by atoms with Crippen LogP contribution in [0.3, 0.4) is 0 Å². The zero-order valence-electron chi connectivity index (χ0n) is 23.1. The molecule has 0 bridgehead atoms. The van der Waals surface area contributed by atoms with Crippen molar-refractivity contribution in [3.8, 4) is 0 Å². The summed E-state index contributed by atoms with van der Waals surface area (Å²) in [5, 5.41) is 47.7. The van der Waals surface area contributed by atoms with Gasteiger partial charge >= 0.3 is 0 Å². The predicted molar refractivity (Wildman–Crippen MR) is 147 cm³/mol. The number of nitrogens with one attached hydrogen (secondary N) is 1. The van der Waals surface area contributed by atoms with Crippen molar-refractivity contribution in [3.05, 3.63) is 45.7 Å². The van der Waals surface area contributed by atoms with Crippen LogP contribution < -0.4 is 11.1 Å². The smallest absolute Gasteiger partial charge is 0.255 e. The largest absolute Gasteiger partial charge is 0.508 e. The van der Waals surface area contributed by atoms with Crippen LogP contribution in [0.5, 0.6) is 0 Å². The monoisotopic (exact) mass is 568 g/mol. The van der Waals surface area contributed by atoms with Gasteiger partial charge in [0.2, 0.25) is 11.7 Å². The first-order chi connectivity index (χ1) is 19.4. The second-order valence-electron chi connectivity index (χ2n) is 11.6. The minimum atomic E-state index is -2.68. The molecule has 7 N–H and O–H groups in total. The third-order valence-electron chi connectivity index (χ3n) is 9.02. The molecule has 12 heteroatoms. The molecule has 2 amide bonds. The van der Waals surface area contributed by atoms with E-state index >= 15 is 0 Å². The molecule has 1 aliphatic heterocycles. The Labute approximate surface area is 237 Å². The molecule has 12 nitrogen and oxygen atoms in total. The van der Waals surface area contributed by atoms with Crippen molar-refractivity contribution in [1.82, 2.24) is 9.80 Å². The Morgan fingerprint density at radius 2 is 1.85 bits per heavy atom. The molecule has 3 aliphatic carbocycles. The van der Waals surface area contributed by atoms with Crippen molar-refractivity contribution in [2.75, 3.05) is 39.0 Å². The first kappa shape index (κ1) is 28.9. The minimum absolute atomic E-state index is 0.0498. The summed E-state index contributed by atoms with van der Waals surface area (Å²) in [6.45, 7) is 1.27. The fourth-order valence-corrected chi connectivity index (χ4v) is 7.11. The zero-order valence-corrected chi connectivity index (χ0v) is 23.1. The first-order valence-corrected chi connectivity index (χ1v) is 13.8. The molecule has 1 aromatic rings. The second kappa shape index (κ2) is 10.7. The number of nitrogens with zero attached hydrogens (tertiary/aromatic N) is 2. The van der Waals surface area contributed by atoms with Crippen LogP contribution in [-0.2, 0) is 32.2 Å². The van der Waals surface area contributed by atoms with Gasteiger partial charge in [0.15, 0.2) is 11.4 Å². The van der Waals surface area contributed by atoms with Gasteiger partial charge in [0, 0.05) is 28.3 Å². The summed E-state index contributed by atoms with van der Waals surface area (Å²) in [6.07, 6.45) is 2.86. The van der Waals surface area contributed by atoms with Crippen molar-refractivity contribution >= 4 is 34.8 Å². The molecule has 1 aromatic carbocycles. The Balaban J connectivity index is 1.61. The summed E-state index contributed by atoms with van der Waals surface area (Å²) >= 11 is 0. The van der Waals surface area contributed by atoms with Crippen LogP contribution in [0.15, 0.2) is 29.0 Å². The van der Waals surface area contributed by atoms with Gasteiger partial charge in [-0.25, -0.2) is 0 Å². The van der Waals surface area contributed by atoms with Gasteiger partial charge < -0.3 is 31.5 Å². The van der Waals surface area contributed by atoms with E-state index in [0.29, 0.717) is 18.4 Å². The van der Waals surface area contributed by atoms with Gasteiger partial charge in [-0.05, 0) is 76.8 Å². The molecule has 41 heavy (non-hydrogen) atoms. The van der Waals surface area contributed by atoms with E-state index in [1.165, 1.54) is 4.90 Å². The number of aliphatic hydroxyl groups is 4. The maximum absolute atomic E-state index is 14.1. The lowest BCUT2D eigenvalue weighted by molar-refractivity contribution is -0.153. The van der Waals surface area contributed by atoms with Crippen LogP contribution in [0.1, 0.15) is 42.4 Å². The lowest BCUT2D eigenvalue weighted by Crippen LogP contribution is -2.65. The number of hydrogen-bond donors (Lipinski definition) is 6. The SMILES string of the molecule is CN(C)[C@@H]1C(=O)C(C(N)=O)=C(O)[C@@]2(O)C(=O)C3=C(O)c4c(ccc(NC(=O)CN5CCCC5)c4CO)CC[C@H]3C[C@@H]12. The van der Waals surface area contributed by atoms with E-state index < -0.39 is 64.7 Å². The highest BCUT2D eigenvalue weighted by atomic mass is 16.3. The van der Waals surface area contributed by atoms with Gasteiger partial charge in [-0.3, -0.25) is 29.0 Å². The maximum atomic E-state index is 14.1. The van der Waals surface area contributed by atoms with E-state index in [0.717, 1.165) is 25.9 Å². The summed E-state index contributed by atoms with van der Waals surface area (Å²) in [7, 11) is 3.13. The topological polar surface area (TPSA) is 194 Å². The molecule has 1 saturated heterocycles. The number of carbonyl (C=O) groups is 4. The molecule has 5 rings (SSSR count). The molecule has 0 radical (unpaired) electrons. The standard InChI is InChI=1S/C29H36N4O8/c1-32(2)23-17-11-15-6-5-14-7-8-18(31-19(35)12-33-9-3-4-10-33)16(13-34)20(14)24(36)21(15)26(38)29(17,41)27(39)22(25(23)37)28(30)40/h7-8,15,17,23,34,36,39,41H,3-6,9-13H2,1-2H3,(H2,30,40)(H,31,35)/t15-,17-,23-,29-/m0/s1. The van der Waals surface area contributed by atoms with E-state index in [-0.39, 0.29) is 41.3 Å². The highest BCUT2D eigenvalue weighted by Crippen LogP contribution is 2.51. The number of benzene rings is 1. The molecular formula is C29H36N4O8. The highest BCUT2D eigenvalue weighted by molar-refractivity contribution is 6.24. The molecule has 0 aromatic heterocycles. The predicted octanol–water partition coefficient (Wildman–Crippen LogP) is 0.175. The number of nitrogens with two attached hydrogens (primary N) is 1. The molecule has 4 atom stereocenters. The second-order valence-corrected chi connectivity index (χ2v) is 11.6. The van der Waals surface area contributed by atoms with Gasteiger partial charge in [-0.15, -0.1) is 0 Å². The number of hydrogen-bond acceptors (Lipinski definition) is 10. The molecule has 2 fully saturated rings. The number of primary amides is 1. The Morgan fingerprint density at radius 3 is 2.46 bits per heavy atom. The van der Waals surface area contributed by atoms with E-state index in [1.54, 1.807) is 26.2 Å². The molecule has 4 aliphatic rings. The number of fused-ring (bicyclic) bond motifs is 3. The van der Waals surface area contributed by atoms with Crippen LogP contribution in [-0.4, -0.2) is 99.0 Å². The average molecular weight is 569 g/mol. The first-order valence-electron chi connectivity index (χ1n) is 13.8. The lowest BCUT2D eigenvalue weighted by atomic mass is 9.59. The highest BCUT2D eigenvalue weighted by Gasteiger charge is 2.63. The van der Waals surface area contributed by atoms with Gasteiger partial charge in [-0.2, -0.15) is 0 Å². The quantitative estimate of drug-likeness (QED) is 0.258. The fourth-order valence-electron chi connectivity index (χ4n) is 7.11. The van der Waals surface area contributed by atoms with E-state index in [9.17, 15) is 39.6 Å². The third-order valence-corrected chi connectivity index (χ3v) is 9.02. The number of likely N-dealkylation sites (N-methyl/N-ethyl adjacent to an activating group) is 1. The summed E-state index contributed by atoms with van der Waals surface area (Å²) in [5.74, 6) is -6.68. The summed E-state index contributed by atoms with van der Waals surface area (Å²) in [6, 6.07) is 2.25. The summed E-state index contributed by atoms with van der Waals surface area (Å²) in [4.78, 5) is 55.8. The minimum Gasteiger partial charge on any atom is -0.508 e. The van der Waals surface area contributed by atoms with Crippen molar-refractivity contribution in [3.63, 3.8) is 0 Å². The third kappa shape index (κ3) is 4.55. The number of aliphatic hydroxyl groups excluding tert-OH is 3. The van der Waals surface area contributed by atoms with Crippen molar-refractivity contribution in [2.24, 2.45) is 17.6 Å². The number of amides is 2. The van der Waals surface area contributed by atoms with E-state index in [4.69, 9.17) is 5.73 Å². The van der Waals surface area contributed by atoms with Crippen molar-refractivity contribution in [1.29, 1.82) is 0 Å². The number of carbonyl (C=O) groups excluding carboxylic acids is 4. The number of anilines is 1. The Morgan fingerprint density at radius 1 is 1.17 bits per heavy atom. The van der Waals surface area contributed by atoms with E-state index in [1.807, 2.05) is 4.90 Å². The number of rotatable bonds is 6. The van der Waals surface area contributed by atoms with Gasteiger partial charge in [0.05, 0.1) is 19.2 Å². The van der Waals surface area contributed by atoms with Gasteiger partial charge in [0.25, 0.3) is 5.91 Å². The maximum Gasteiger partial charge on any atom is 0.255 e. The van der Waals surface area contributed by atoms with Gasteiger partial charge in [0.1, 0.15) is 17.1 Å². The van der Waals surface area contributed by atoms with Gasteiger partial charge in [-0.1, -0.05) is 6.07 Å². The Kier molecular flexibility index (Phi) is 7.53. The molecule has 1 heterocycles. The summed E-state index contributed by atoms with van der Waals surface area (Å²) in [5.41, 5.74) is 3.00. The molecule has 220 valence electrons. The van der Waals surface area contributed by atoms with Crippen LogP contribution in [0.2, 0.25) is 0 Å². The van der Waals surface area contributed by atoms with Crippen molar-refractivity contribution < 1.29 is 39.6 Å². The molecule has 0 unspecified atom stereocenters. The van der Waals surface area contributed by atoms with Crippen molar-refractivity contribution in [2.45, 2.75) is 50.4 Å².